The number of sulfonamides is 1. The quantitative estimate of drug-likeness (QED) is 0.396. The van der Waals surface area contributed by atoms with Crippen molar-refractivity contribution in [1.82, 2.24) is 14.9 Å². The van der Waals surface area contributed by atoms with Crippen LogP contribution in [0, 0.1) is 12.8 Å². The highest BCUT2D eigenvalue weighted by atomic mass is 32.2. The highest BCUT2D eigenvalue weighted by molar-refractivity contribution is 7.89. The molecule has 2 heterocycles. The summed E-state index contributed by atoms with van der Waals surface area (Å²) in [5.74, 6) is 0.785. The van der Waals surface area contributed by atoms with E-state index in [2.05, 4.69) is 20.2 Å². The summed E-state index contributed by atoms with van der Waals surface area (Å²) in [4.78, 5) is 26.0. The van der Waals surface area contributed by atoms with Gasteiger partial charge in [-0.15, -0.1) is 0 Å². The van der Waals surface area contributed by atoms with Gasteiger partial charge in [0.15, 0.2) is 0 Å². The summed E-state index contributed by atoms with van der Waals surface area (Å²) in [6.45, 7) is 9.17. The van der Waals surface area contributed by atoms with Gasteiger partial charge in [-0.05, 0) is 75.3 Å². The number of carbonyl (C=O) groups excluding carboxylic acids is 1. The van der Waals surface area contributed by atoms with Crippen molar-refractivity contribution in [3.05, 3.63) is 60.3 Å². The van der Waals surface area contributed by atoms with Crippen molar-refractivity contribution in [3.8, 4) is 5.75 Å². The van der Waals surface area contributed by atoms with E-state index in [0.29, 0.717) is 23.7 Å². The fraction of sp³-hybridized carbons (Fsp3) is 0.370. The molecule has 1 aromatic heterocycles. The number of benzene rings is 2. The minimum Gasteiger partial charge on any atom is -0.492 e. The molecule has 38 heavy (non-hydrogen) atoms. The van der Waals surface area contributed by atoms with Crippen LogP contribution >= 0.6 is 0 Å². The van der Waals surface area contributed by atoms with Crippen molar-refractivity contribution >= 4 is 39.1 Å². The van der Waals surface area contributed by atoms with E-state index in [4.69, 9.17) is 9.88 Å². The predicted molar refractivity (Wildman–Crippen MR) is 147 cm³/mol. The average Bonchev–Trinajstić information content (AvgIpc) is 3.40. The smallest absolute Gasteiger partial charge is 0.238 e. The second-order valence-corrected chi connectivity index (χ2v) is 11.2. The SMILES string of the molecule is Cc1cnc(Nc2ccc(OCCN3CCCC3)cc2)nc1N(C(=O)C(C)C)c1cccc(S(N)(=O)=O)c1. The molecule has 1 saturated heterocycles. The van der Waals surface area contributed by atoms with Crippen molar-refractivity contribution in [3.63, 3.8) is 0 Å². The Bertz CT molecular complexity index is 1370. The number of carbonyl (C=O) groups is 1. The first-order chi connectivity index (χ1) is 18.1. The lowest BCUT2D eigenvalue weighted by atomic mass is 10.1. The van der Waals surface area contributed by atoms with Gasteiger partial charge >= 0.3 is 0 Å². The Hall–Kier alpha value is -3.54. The van der Waals surface area contributed by atoms with Crippen molar-refractivity contribution in [2.24, 2.45) is 11.1 Å². The largest absolute Gasteiger partial charge is 0.492 e. The van der Waals surface area contributed by atoms with Gasteiger partial charge in [0.1, 0.15) is 18.2 Å². The number of amides is 1. The Balaban J connectivity index is 1.54. The third kappa shape index (κ3) is 6.85. The van der Waals surface area contributed by atoms with Crippen LogP contribution in [-0.4, -0.2) is 55.4 Å². The first-order valence-electron chi connectivity index (χ1n) is 12.6. The summed E-state index contributed by atoms with van der Waals surface area (Å²) >= 11 is 0. The summed E-state index contributed by atoms with van der Waals surface area (Å²) < 4.78 is 29.8. The lowest BCUT2D eigenvalue weighted by Gasteiger charge is -2.26. The lowest BCUT2D eigenvalue weighted by molar-refractivity contribution is -0.120. The second kappa shape index (κ2) is 11.9. The summed E-state index contributed by atoms with van der Waals surface area (Å²) in [6.07, 6.45) is 4.13. The van der Waals surface area contributed by atoms with Crippen LogP contribution in [0.4, 0.5) is 23.1 Å². The number of primary sulfonamides is 1. The highest BCUT2D eigenvalue weighted by Crippen LogP contribution is 2.31. The van der Waals surface area contributed by atoms with Gasteiger partial charge in [0, 0.05) is 29.9 Å². The van der Waals surface area contributed by atoms with E-state index in [-0.39, 0.29) is 22.7 Å². The molecule has 0 spiro atoms. The molecule has 1 amide bonds. The zero-order valence-electron chi connectivity index (χ0n) is 21.9. The number of nitrogens with zero attached hydrogens (tertiary/aromatic N) is 4. The van der Waals surface area contributed by atoms with E-state index in [1.54, 1.807) is 39.1 Å². The molecular formula is C27H34N6O4S. The third-order valence-electron chi connectivity index (χ3n) is 6.26. The number of likely N-dealkylation sites (tertiary alicyclic amines) is 1. The Morgan fingerprint density at radius 2 is 1.87 bits per heavy atom. The summed E-state index contributed by atoms with van der Waals surface area (Å²) in [5.41, 5.74) is 1.75. The maximum absolute atomic E-state index is 13.3. The number of aryl methyl sites for hydroxylation is 1. The molecule has 0 radical (unpaired) electrons. The van der Waals surface area contributed by atoms with Crippen LogP contribution < -0.4 is 20.1 Å². The highest BCUT2D eigenvalue weighted by Gasteiger charge is 2.25. The third-order valence-corrected chi connectivity index (χ3v) is 7.17. The Morgan fingerprint density at radius 3 is 2.53 bits per heavy atom. The monoisotopic (exact) mass is 538 g/mol. The Morgan fingerprint density at radius 1 is 1.16 bits per heavy atom. The molecular weight excluding hydrogens is 504 g/mol. The Kier molecular flexibility index (Phi) is 8.60. The zero-order valence-corrected chi connectivity index (χ0v) is 22.7. The van der Waals surface area contributed by atoms with E-state index in [9.17, 15) is 13.2 Å². The van der Waals surface area contributed by atoms with Crippen LogP contribution in [0.15, 0.2) is 59.6 Å². The molecule has 11 heteroatoms. The number of anilines is 4. The second-order valence-electron chi connectivity index (χ2n) is 9.62. The average molecular weight is 539 g/mol. The topological polar surface area (TPSA) is 131 Å². The first kappa shape index (κ1) is 27.5. The lowest BCUT2D eigenvalue weighted by Crippen LogP contribution is -2.31. The molecule has 1 aliphatic heterocycles. The molecule has 3 N–H and O–H groups in total. The van der Waals surface area contributed by atoms with Gasteiger partial charge in [0.2, 0.25) is 21.9 Å². The number of hydrogen-bond donors (Lipinski definition) is 2. The molecule has 4 rings (SSSR count). The minimum absolute atomic E-state index is 0.0932. The molecule has 1 fully saturated rings. The molecule has 2 aromatic carbocycles. The molecule has 10 nitrogen and oxygen atoms in total. The Labute approximate surface area is 223 Å². The number of nitrogens with two attached hydrogens (primary N) is 1. The number of nitrogens with one attached hydrogen (secondary N) is 1. The standard InChI is InChI=1S/C27H34N6O4S/c1-19(2)26(34)33(22-7-6-8-24(17-22)38(28,35)36)25-20(3)18-29-27(31-25)30-21-9-11-23(12-10-21)37-16-15-32-13-4-5-14-32/h6-12,17-19H,4-5,13-16H2,1-3H3,(H2,28,35,36)(H,29,30,31). The van der Waals surface area contributed by atoms with Crippen molar-refractivity contribution < 1.29 is 17.9 Å². The zero-order chi connectivity index (χ0) is 27.3. The van der Waals surface area contributed by atoms with E-state index in [0.717, 1.165) is 31.1 Å². The van der Waals surface area contributed by atoms with Crippen LogP contribution in [0.2, 0.25) is 0 Å². The van der Waals surface area contributed by atoms with Crippen molar-refractivity contribution in [2.45, 2.75) is 38.5 Å². The number of hydrogen-bond acceptors (Lipinski definition) is 8. The van der Waals surface area contributed by atoms with Gasteiger partial charge in [-0.25, -0.2) is 18.5 Å². The van der Waals surface area contributed by atoms with Gasteiger partial charge in [-0.1, -0.05) is 19.9 Å². The fourth-order valence-electron chi connectivity index (χ4n) is 4.19. The van der Waals surface area contributed by atoms with E-state index >= 15 is 0 Å². The van der Waals surface area contributed by atoms with Gasteiger partial charge in [-0.2, -0.15) is 4.98 Å². The number of aromatic nitrogens is 2. The number of rotatable bonds is 10. The molecule has 0 saturated carbocycles. The van der Waals surface area contributed by atoms with Crippen LogP contribution in [0.3, 0.4) is 0 Å². The maximum atomic E-state index is 13.3. The van der Waals surface area contributed by atoms with Gasteiger partial charge < -0.3 is 10.1 Å². The molecule has 0 atom stereocenters. The van der Waals surface area contributed by atoms with Crippen molar-refractivity contribution in [1.29, 1.82) is 0 Å². The van der Waals surface area contributed by atoms with Gasteiger partial charge in [0.05, 0.1) is 10.6 Å². The van der Waals surface area contributed by atoms with Crippen LogP contribution in [0.25, 0.3) is 0 Å². The van der Waals surface area contributed by atoms with E-state index in [1.807, 2.05) is 24.3 Å². The molecule has 3 aromatic rings. The van der Waals surface area contributed by atoms with Gasteiger partial charge in [0.25, 0.3) is 0 Å². The maximum Gasteiger partial charge on any atom is 0.238 e. The molecule has 202 valence electrons. The van der Waals surface area contributed by atoms with Crippen LogP contribution in [0.5, 0.6) is 5.75 Å². The van der Waals surface area contributed by atoms with Crippen LogP contribution in [-0.2, 0) is 14.8 Å². The summed E-state index contributed by atoms with van der Waals surface area (Å²) in [7, 11) is -3.96. The molecule has 0 bridgehead atoms. The summed E-state index contributed by atoms with van der Waals surface area (Å²) in [6, 6.07) is 13.5. The molecule has 1 aliphatic rings. The van der Waals surface area contributed by atoms with Crippen molar-refractivity contribution in [2.75, 3.05) is 36.5 Å². The summed E-state index contributed by atoms with van der Waals surface area (Å²) in [5, 5.41) is 8.50. The molecule has 0 aliphatic carbocycles. The first-order valence-corrected chi connectivity index (χ1v) is 14.2. The minimum atomic E-state index is -3.96. The van der Waals surface area contributed by atoms with Crippen LogP contribution in [0.1, 0.15) is 32.3 Å². The normalized spacial score (nSPS) is 14.0. The van der Waals surface area contributed by atoms with E-state index < -0.39 is 10.0 Å². The van der Waals surface area contributed by atoms with E-state index in [1.165, 1.54) is 29.9 Å². The number of ether oxygens (including phenoxy) is 1. The predicted octanol–water partition coefficient (Wildman–Crippen LogP) is 3.97. The van der Waals surface area contributed by atoms with Gasteiger partial charge in [-0.3, -0.25) is 14.6 Å². The fourth-order valence-corrected chi connectivity index (χ4v) is 4.75. The molecule has 0 unspecified atom stereocenters.